The van der Waals surface area contributed by atoms with Crippen molar-refractivity contribution in [3.05, 3.63) is 18.2 Å². The van der Waals surface area contributed by atoms with E-state index in [9.17, 15) is 4.79 Å². The molecule has 0 aliphatic rings. The van der Waals surface area contributed by atoms with Crippen LogP contribution in [0.1, 0.15) is 6.92 Å². The molecule has 1 aromatic rings. The van der Waals surface area contributed by atoms with Gasteiger partial charge in [-0.2, -0.15) is 0 Å². The van der Waals surface area contributed by atoms with Gasteiger partial charge in [-0.05, 0) is 12.1 Å². The van der Waals surface area contributed by atoms with E-state index in [1.807, 2.05) is 25.2 Å². The van der Waals surface area contributed by atoms with Crippen LogP contribution >= 0.6 is 0 Å². The third kappa shape index (κ3) is 3.55. The van der Waals surface area contributed by atoms with Crippen LogP contribution in [0.15, 0.2) is 18.2 Å². The third-order valence-corrected chi connectivity index (χ3v) is 2.97. The molecule has 1 aromatic carbocycles. The summed E-state index contributed by atoms with van der Waals surface area (Å²) in [4.78, 5) is 14.9. The molecule has 0 aliphatic carbocycles. The number of amides is 1. The molecule has 0 aliphatic heterocycles. The second kappa shape index (κ2) is 6.14. The highest BCUT2D eigenvalue weighted by Crippen LogP contribution is 2.26. The van der Waals surface area contributed by atoms with Gasteiger partial charge < -0.3 is 20.3 Å². The lowest BCUT2D eigenvalue weighted by atomic mass is 10.2. The molecule has 2 N–H and O–H groups in total. The summed E-state index contributed by atoms with van der Waals surface area (Å²) in [6.45, 7) is 2.99. The first kappa shape index (κ1) is 14.2. The maximum atomic E-state index is 11.1. The van der Waals surface area contributed by atoms with Crippen molar-refractivity contribution in [2.45, 2.75) is 6.92 Å². The number of methoxy groups -OCH3 is 1. The van der Waals surface area contributed by atoms with Crippen LogP contribution in [0.2, 0.25) is 0 Å². The normalized spacial score (nSPS) is 10.0. The summed E-state index contributed by atoms with van der Waals surface area (Å²) in [6, 6.07) is 5.65. The lowest BCUT2D eigenvalue weighted by Crippen LogP contribution is -2.33. The van der Waals surface area contributed by atoms with Crippen LogP contribution in [0.3, 0.4) is 0 Å². The van der Waals surface area contributed by atoms with Crippen molar-refractivity contribution in [1.29, 1.82) is 0 Å². The molecule has 0 radical (unpaired) electrons. The lowest BCUT2D eigenvalue weighted by Gasteiger charge is -2.23. The van der Waals surface area contributed by atoms with Crippen molar-refractivity contribution in [1.82, 2.24) is 4.90 Å². The minimum Gasteiger partial charge on any atom is -0.495 e. The zero-order chi connectivity index (χ0) is 13.7. The Kier molecular flexibility index (Phi) is 4.83. The molecule has 0 atom stereocenters. The first-order valence-corrected chi connectivity index (χ1v) is 5.82. The number of ether oxygens (including phenoxy) is 1. The minimum absolute atomic E-state index is 0.0679. The smallest absolute Gasteiger partial charge is 0.219 e. The number of hydrogen-bond donors (Lipinski definition) is 1. The van der Waals surface area contributed by atoms with E-state index >= 15 is 0 Å². The van der Waals surface area contributed by atoms with Gasteiger partial charge >= 0.3 is 0 Å². The predicted molar refractivity (Wildman–Crippen MR) is 74.0 cm³/mol. The van der Waals surface area contributed by atoms with Gasteiger partial charge in [0.15, 0.2) is 0 Å². The second-order valence-corrected chi connectivity index (χ2v) is 4.29. The molecule has 0 saturated carbocycles. The Labute approximate surface area is 108 Å². The SMILES string of the molecule is COc1cc(N(C)CCN(C)C(C)=O)ccc1N. The van der Waals surface area contributed by atoms with Gasteiger partial charge in [0.1, 0.15) is 5.75 Å². The molecule has 5 heteroatoms. The molecule has 5 nitrogen and oxygen atoms in total. The molecule has 0 aromatic heterocycles. The molecule has 0 bridgehead atoms. The molecule has 100 valence electrons. The number of nitrogen functional groups attached to an aromatic ring is 1. The van der Waals surface area contributed by atoms with E-state index in [4.69, 9.17) is 10.5 Å². The Bertz CT molecular complexity index is 421. The summed E-state index contributed by atoms with van der Waals surface area (Å²) in [7, 11) is 5.36. The summed E-state index contributed by atoms with van der Waals surface area (Å²) in [6.07, 6.45) is 0. The van der Waals surface area contributed by atoms with Gasteiger partial charge in [0.05, 0.1) is 12.8 Å². The third-order valence-electron chi connectivity index (χ3n) is 2.97. The average Bonchev–Trinajstić information content (AvgIpc) is 2.35. The standard InChI is InChI=1S/C13H21N3O2/c1-10(17)15(2)7-8-16(3)11-5-6-12(14)13(9-11)18-4/h5-6,9H,7-8,14H2,1-4H3. The van der Waals surface area contributed by atoms with Crippen molar-refractivity contribution in [2.75, 3.05) is 44.9 Å². The predicted octanol–water partition coefficient (Wildman–Crippen LogP) is 1.19. The summed E-state index contributed by atoms with van der Waals surface area (Å²) in [5.74, 6) is 0.734. The van der Waals surface area contributed by atoms with Crippen LogP contribution in [0, 0.1) is 0 Å². The van der Waals surface area contributed by atoms with Gasteiger partial charge in [-0.3, -0.25) is 4.79 Å². The van der Waals surface area contributed by atoms with Crippen molar-refractivity contribution in [3.8, 4) is 5.75 Å². The average molecular weight is 251 g/mol. The van der Waals surface area contributed by atoms with Crippen molar-refractivity contribution < 1.29 is 9.53 Å². The fraction of sp³-hybridized carbons (Fsp3) is 0.462. The number of nitrogens with two attached hydrogens (primary N) is 1. The quantitative estimate of drug-likeness (QED) is 0.799. The first-order valence-electron chi connectivity index (χ1n) is 5.82. The number of rotatable bonds is 5. The number of carbonyl (C=O) groups is 1. The summed E-state index contributed by atoms with van der Waals surface area (Å²) >= 11 is 0. The molecule has 1 rings (SSSR count). The van der Waals surface area contributed by atoms with Crippen LogP contribution in [0.5, 0.6) is 5.75 Å². The van der Waals surface area contributed by atoms with E-state index in [1.165, 1.54) is 0 Å². The van der Waals surface area contributed by atoms with Crippen molar-refractivity contribution in [3.63, 3.8) is 0 Å². The molecule has 0 fully saturated rings. The van der Waals surface area contributed by atoms with Gasteiger partial charge in [-0.15, -0.1) is 0 Å². The molecular weight excluding hydrogens is 230 g/mol. The Hall–Kier alpha value is -1.91. The fourth-order valence-electron chi connectivity index (χ4n) is 1.52. The van der Waals surface area contributed by atoms with E-state index in [0.29, 0.717) is 18.0 Å². The number of carbonyl (C=O) groups excluding carboxylic acids is 1. The molecule has 18 heavy (non-hydrogen) atoms. The zero-order valence-electron chi connectivity index (χ0n) is 11.4. The molecule has 0 heterocycles. The molecule has 0 unspecified atom stereocenters. The van der Waals surface area contributed by atoms with Crippen LogP contribution < -0.4 is 15.4 Å². The molecular formula is C13H21N3O2. The highest BCUT2D eigenvalue weighted by molar-refractivity contribution is 5.72. The van der Waals surface area contributed by atoms with Gasteiger partial charge in [0.2, 0.25) is 5.91 Å². The maximum absolute atomic E-state index is 11.1. The van der Waals surface area contributed by atoms with E-state index in [2.05, 4.69) is 4.90 Å². The first-order chi connectivity index (χ1) is 8.45. The Morgan fingerprint density at radius 1 is 1.33 bits per heavy atom. The van der Waals surface area contributed by atoms with Crippen molar-refractivity contribution >= 4 is 17.3 Å². The van der Waals surface area contributed by atoms with Gasteiger partial charge in [-0.25, -0.2) is 0 Å². The van der Waals surface area contributed by atoms with Crippen LogP contribution in [0.25, 0.3) is 0 Å². The van der Waals surface area contributed by atoms with E-state index in [1.54, 1.807) is 26.0 Å². The van der Waals surface area contributed by atoms with Gasteiger partial charge in [-0.1, -0.05) is 0 Å². The monoisotopic (exact) mass is 251 g/mol. The van der Waals surface area contributed by atoms with Crippen LogP contribution in [-0.2, 0) is 4.79 Å². The number of likely N-dealkylation sites (N-methyl/N-ethyl adjacent to an activating group) is 2. The highest BCUT2D eigenvalue weighted by atomic mass is 16.5. The largest absolute Gasteiger partial charge is 0.495 e. The second-order valence-electron chi connectivity index (χ2n) is 4.29. The number of hydrogen-bond acceptors (Lipinski definition) is 4. The Morgan fingerprint density at radius 3 is 2.56 bits per heavy atom. The Balaban J connectivity index is 2.66. The van der Waals surface area contributed by atoms with Gasteiger partial charge in [0, 0.05) is 45.9 Å². The highest BCUT2D eigenvalue weighted by Gasteiger charge is 2.07. The Morgan fingerprint density at radius 2 is 2.00 bits per heavy atom. The zero-order valence-corrected chi connectivity index (χ0v) is 11.4. The molecule has 0 spiro atoms. The minimum atomic E-state index is 0.0679. The van der Waals surface area contributed by atoms with E-state index in [-0.39, 0.29) is 5.91 Å². The van der Waals surface area contributed by atoms with Gasteiger partial charge in [0.25, 0.3) is 0 Å². The lowest BCUT2D eigenvalue weighted by molar-refractivity contribution is -0.127. The molecule has 0 saturated heterocycles. The topological polar surface area (TPSA) is 58.8 Å². The van der Waals surface area contributed by atoms with Crippen molar-refractivity contribution in [2.24, 2.45) is 0 Å². The van der Waals surface area contributed by atoms with E-state index < -0.39 is 0 Å². The maximum Gasteiger partial charge on any atom is 0.219 e. The number of anilines is 2. The van der Waals surface area contributed by atoms with Crippen LogP contribution in [0.4, 0.5) is 11.4 Å². The summed E-state index contributed by atoms with van der Waals surface area (Å²) in [5, 5.41) is 0. The van der Waals surface area contributed by atoms with Crippen LogP contribution in [-0.4, -0.2) is 45.1 Å². The summed E-state index contributed by atoms with van der Waals surface area (Å²) in [5.41, 5.74) is 7.40. The molecule has 1 amide bonds. The van der Waals surface area contributed by atoms with E-state index in [0.717, 1.165) is 12.2 Å². The number of benzene rings is 1. The number of nitrogens with zero attached hydrogens (tertiary/aromatic N) is 2. The summed E-state index contributed by atoms with van der Waals surface area (Å²) < 4.78 is 5.18. The fourth-order valence-corrected chi connectivity index (χ4v) is 1.52.